The van der Waals surface area contributed by atoms with Gasteiger partial charge in [-0.25, -0.2) is 0 Å². The molecule has 0 unspecified atom stereocenters. The lowest BCUT2D eigenvalue weighted by atomic mass is 10.1. The lowest BCUT2D eigenvalue weighted by molar-refractivity contribution is 0.525. The SMILES string of the molecule is NCc1cccc(-c2ccc(CN)o2)c1. The van der Waals surface area contributed by atoms with E-state index in [-0.39, 0.29) is 0 Å². The minimum absolute atomic E-state index is 0.427. The second-order valence-corrected chi connectivity index (χ2v) is 3.37. The van der Waals surface area contributed by atoms with Crippen molar-refractivity contribution in [3.63, 3.8) is 0 Å². The highest BCUT2D eigenvalue weighted by Gasteiger charge is 2.03. The Morgan fingerprint density at radius 3 is 2.53 bits per heavy atom. The minimum atomic E-state index is 0.427. The van der Waals surface area contributed by atoms with Gasteiger partial charge in [0.2, 0.25) is 0 Å². The predicted molar refractivity (Wildman–Crippen MR) is 59.9 cm³/mol. The van der Waals surface area contributed by atoms with Crippen molar-refractivity contribution in [2.24, 2.45) is 11.5 Å². The molecule has 0 spiro atoms. The molecular formula is C12H14N2O. The molecular weight excluding hydrogens is 188 g/mol. The molecule has 0 aliphatic carbocycles. The van der Waals surface area contributed by atoms with Gasteiger partial charge in [-0.05, 0) is 23.8 Å². The number of hydrogen-bond acceptors (Lipinski definition) is 3. The maximum atomic E-state index is 5.58. The molecule has 2 aromatic rings. The molecule has 0 aliphatic heterocycles. The minimum Gasteiger partial charge on any atom is -0.460 e. The molecule has 0 fully saturated rings. The monoisotopic (exact) mass is 202 g/mol. The topological polar surface area (TPSA) is 65.2 Å². The molecule has 1 aromatic carbocycles. The number of rotatable bonds is 3. The van der Waals surface area contributed by atoms with Gasteiger partial charge in [-0.15, -0.1) is 0 Å². The summed E-state index contributed by atoms with van der Waals surface area (Å²) in [5.41, 5.74) is 13.2. The summed E-state index contributed by atoms with van der Waals surface area (Å²) in [5.74, 6) is 1.63. The van der Waals surface area contributed by atoms with Crippen molar-refractivity contribution >= 4 is 0 Å². The predicted octanol–water partition coefficient (Wildman–Crippen LogP) is 1.86. The smallest absolute Gasteiger partial charge is 0.134 e. The van der Waals surface area contributed by atoms with Crippen LogP contribution in [0.15, 0.2) is 40.8 Å². The number of nitrogens with two attached hydrogens (primary N) is 2. The molecule has 0 atom stereocenters. The van der Waals surface area contributed by atoms with Crippen LogP contribution in [0.3, 0.4) is 0 Å². The lowest BCUT2D eigenvalue weighted by Crippen LogP contribution is -1.95. The third kappa shape index (κ3) is 2.09. The third-order valence-electron chi connectivity index (χ3n) is 2.31. The van der Waals surface area contributed by atoms with Gasteiger partial charge in [0.1, 0.15) is 11.5 Å². The maximum Gasteiger partial charge on any atom is 0.134 e. The van der Waals surface area contributed by atoms with E-state index in [1.54, 1.807) is 0 Å². The number of hydrogen-bond donors (Lipinski definition) is 2. The molecule has 2 rings (SSSR count). The first kappa shape index (κ1) is 9.96. The summed E-state index contributed by atoms with van der Waals surface area (Å²) in [7, 11) is 0. The average Bonchev–Trinajstić information content (AvgIpc) is 2.78. The molecule has 0 saturated carbocycles. The summed E-state index contributed by atoms with van der Waals surface area (Å²) in [6, 6.07) is 11.8. The fourth-order valence-corrected chi connectivity index (χ4v) is 1.49. The van der Waals surface area contributed by atoms with E-state index in [1.165, 1.54) is 0 Å². The third-order valence-corrected chi connectivity index (χ3v) is 2.31. The van der Waals surface area contributed by atoms with Gasteiger partial charge in [0.05, 0.1) is 6.54 Å². The van der Waals surface area contributed by atoms with Crippen LogP contribution in [-0.2, 0) is 13.1 Å². The maximum absolute atomic E-state index is 5.58. The zero-order chi connectivity index (χ0) is 10.7. The van der Waals surface area contributed by atoms with Crippen molar-refractivity contribution in [1.29, 1.82) is 0 Å². The Morgan fingerprint density at radius 1 is 1.00 bits per heavy atom. The number of furan rings is 1. The largest absolute Gasteiger partial charge is 0.460 e. The summed E-state index contributed by atoms with van der Waals surface area (Å²) >= 11 is 0. The molecule has 78 valence electrons. The molecule has 3 nitrogen and oxygen atoms in total. The standard InChI is InChI=1S/C12H14N2O/c13-7-9-2-1-3-10(6-9)12-5-4-11(8-14)15-12/h1-6H,7-8,13-14H2. The molecule has 0 aliphatic rings. The van der Waals surface area contributed by atoms with Crippen LogP contribution in [0.2, 0.25) is 0 Å². The Bertz CT molecular complexity index is 448. The van der Waals surface area contributed by atoms with Crippen LogP contribution < -0.4 is 11.5 Å². The summed E-state index contributed by atoms with van der Waals surface area (Å²) in [6.45, 7) is 0.967. The lowest BCUT2D eigenvalue weighted by Gasteiger charge is -2.00. The molecule has 0 bridgehead atoms. The molecule has 0 radical (unpaired) electrons. The molecule has 0 saturated heterocycles. The Balaban J connectivity index is 2.35. The Hall–Kier alpha value is -1.58. The van der Waals surface area contributed by atoms with E-state index in [0.717, 1.165) is 22.6 Å². The van der Waals surface area contributed by atoms with Crippen molar-refractivity contribution in [2.75, 3.05) is 0 Å². The Kier molecular flexibility index (Phi) is 2.85. The van der Waals surface area contributed by atoms with E-state index < -0.39 is 0 Å². The van der Waals surface area contributed by atoms with Gasteiger partial charge in [0, 0.05) is 12.1 Å². The van der Waals surface area contributed by atoms with E-state index in [4.69, 9.17) is 15.9 Å². The van der Waals surface area contributed by atoms with Crippen molar-refractivity contribution in [2.45, 2.75) is 13.1 Å². The first-order valence-corrected chi connectivity index (χ1v) is 4.91. The van der Waals surface area contributed by atoms with Gasteiger partial charge in [-0.1, -0.05) is 18.2 Å². The fraction of sp³-hybridized carbons (Fsp3) is 0.167. The van der Waals surface area contributed by atoms with Crippen LogP contribution in [0, 0.1) is 0 Å². The fourth-order valence-electron chi connectivity index (χ4n) is 1.49. The number of benzene rings is 1. The second kappa shape index (κ2) is 4.29. The molecule has 4 N–H and O–H groups in total. The highest BCUT2D eigenvalue weighted by molar-refractivity contribution is 5.58. The van der Waals surface area contributed by atoms with Crippen LogP contribution in [-0.4, -0.2) is 0 Å². The quantitative estimate of drug-likeness (QED) is 0.798. The van der Waals surface area contributed by atoms with E-state index in [9.17, 15) is 0 Å². The van der Waals surface area contributed by atoms with E-state index in [0.29, 0.717) is 13.1 Å². The van der Waals surface area contributed by atoms with Gasteiger partial charge >= 0.3 is 0 Å². The summed E-state index contributed by atoms with van der Waals surface area (Å²) < 4.78 is 5.55. The zero-order valence-electron chi connectivity index (χ0n) is 8.44. The van der Waals surface area contributed by atoms with Crippen molar-refractivity contribution in [1.82, 2.24) is 0 Å². The second-order valence-electron chi connectivity index (χ2n) is 3.37. The molecule has 15 heavy (non-hydrogen) atoms. The normalized spacial score (nSPS) is 10.5. The first-order valence-electron chi connectivity index (χ1n) is 4.91. The van der Waals surface area contributed by atoms with Gasteiger partial charge in [-0.3, -0.25) is 0 Å². The van der Waals surface area contributed by atoms with Gasteiger partial charge in [0.15, 0.2) is 0 Å². The van der Waals surface area contributed by atoms with E-state index in [2.05, 4.69) is 0 Å². The van der Waals surface area contributed by atoms with Crippen LogP contribution in [0.4, 0.5) is 0 Å². The summed E-state index contributed by atoms with van der Waals surface area (Å²) in [6.07, 6.45) is 0. The molecule has 0 amide bonds. The highest BCUT2D eigenvalue weighted by Crippen LogP contribution is 2.22. The van der Waals surface area contributed by atoms with Gasteiger partial charge in [-0.2, -0.15) is 0 Å². The van der Waals surface area contributed by atoms with Gasteiger partial charge < -0.3 is 15.9 Å². The Morgan fingerprint density at radius 2 is 1.87 bits per heavy atom. The summed E-state index contributed by atoms with van der Waals surface area (Å²) in [5, 5.41) is 0. The van der Waals surface area contributed by atoms with E-state index in [1.807, 2.05) is 36.4 Å². The highest BCUT2D eigenvalue weighted by atomic mass is 16.3. The zero-order valence-corrected chi connectivity index (χ0v) is 8.44. The molecule has 1 heterocycles. The van der Waals surface area contributed by atoms with E-state index >= 15 is 0 Å². The summed E-state index contributed by atoms with van der Waals surface area (Å²) in [4.78, 5) is 0. The van der Waals surface area contributed by atoms with Crippen LogP contribution in [0.25, 0.3) is 11.3 Å². The van der Waals surface area contributed by atoms with Crippen LogP contribution >= 0.6 is 0 Å². The van der Waals surface area contributed by atoms with Crippen molar-refractivity contribution in [3.05, 3.63) is 47.7 Å². The van der Waals surface area contributed by atoms with Crippen LogP contribution in [0.1, 0.15) is 11.3 Å². The average molecular weight is 202 g/mol. The molecule has 3 heteroatoms. The van der Waals surface area contributed by atoms with Crippen molar-refractivity contribution < 1.29 is 4.42 Å². The first-order chi connectivity index (χ1) is 7.33. The Labute approximate surface area is 88.7 Å². The van der Waals surface area contributed by atoms with Crippen LogP contribution in [0.5, 0.6) is 0 Å². The van der Waals surface area contributed by atoms with Crippen molar-refractivity contribution in [3.8, 4) is 11.3 Å². The van der Waals surface area contributed by atoms with Gasteiger partial charge in [0.25, 0.3) is 0 Å². The molecule has 1 aromatic heterocycles.